The summed E-state index contributed by atoms with van der Waals surface area (Å²) in [6.07, 6.45) is -2.17. The topological polar surface area (TPSA) is 947 Å². The van der Waals surface area contributed by atoms with E-state index in [9.17, 15) is 113 Å². The van der Waals surface area contributed by atoms with Crippen molar-refractivity contribution in [3.63, 3.8) is 0 Å². The maximum Gasteiger partial charge on any atom is 0.440 e. The fourth-order valence-corrected chi connectivity index (χ4v) is 7.32. The van der Waals surface area contributed by atoms with Crippen LogP contribution in [0, 0.1) is 73.8 Å². The first-order valence-electron chi connectivity index (χ1n) is 36.3. The van der Waals surface area contributed by atoms with Gasteiger partial charge in [0, 0.05) is 109 Å². The molecule has 0 bridgehead atoms. The highest BCUT2D eigenvalue weighted by molar-refractivity contribution is 7.79. The molecule has 136 heavy (non-hydrogen) atoms. The van der Waals surface area contributed by atoms with Crippen LogP contribution in [0.4, 0.5) is 13.2 Å². The van der Waals surface area contributed by atoms with Crippen molar-refractivity contribution in [3.8, 4) is 11.9 Å². The van der Waals surface area contributed by atoms with Gasteiger partial charge >= 0.3 is 79.4 Å². The number of cyclic esters (lactones) is 1. The summed E-state index contributed by atoms with van der Waals surface area (Å²) in [7, 11) is 4.26. The number of nitrogens with zero attached hydrogens (tertiary/aromatic N) is 15. The molecular weight excluding hydrogens is 1910 g/mol. The molecular formula is C65H98F3N33O32S3. The fraction of sp³-hybridized carbons (Fsp3) is 0.431. The van der Waals surface area contributed by atoms with E-state index in [1.165, 1.54) is 86.6 Å². The molecule has 0 radical (unpaired) electrons. The number of amides is 5. The number of aromatic hydroxyl groups is 1. The first-order valence-corrected chi connectivity index (χ1v) is 38.9. The third-order valence-corrected chi connectivity index (χ3v) is 13.3. The molecule has 3 aliphatic rings. The maximum absolute atomic E-state index is 11.2. The number of hydroxylamine groups is 3. The Kier molecular flexibility index (Phi) is 68.3. The molecule has 11 aromatic rings. The molecule has 0 saturated heterocycles. The fourth-order valence-electron chi connectivity index (χ4n) is 5.92. The highest BCUT2D eigenvalue weighted by Crippen LogP contribution is 2.19. The van der Waals surface area contributed by atoms with Crippen molar-refractivity contribution in [1.29, 1.82) is 5.26 Å². The average Bonchev–Trinajstić information content (AvgIpc) is 1.21. The Morgan fingerprint density at radius 1 is 0.662 bits per heavy atom. The molecule has 0 aliphatic carbocycles. The van der Waals surface area contributed by atoms with Crippen LogP contribution in [0.15, 0.2) is 109 Å². The Labute approximate surface area is 767 Å². The summed E-state index contributed by atoms with van der Waals surface area (Å²) in [4.78, 5) is 222. The number of hydrogen-bond donors (Lipinski definition) is 20. The molecule has 1 aromatic carbocycles. The molecule has 0 saturated carbocycles. The molecule has 754 valence electrons. The molecule has 20 N–H and O–H groups in total. The van der Waals surface area contributed by atoms with E-state index in [2.05, 4.69) is 168 Å². The Bertz CT molecular complexity index is 5730. The summed E-state index contributed by atoms with van der Waals surface area (Å²) in [6.45, 7) is 29.5. The third-order valence-electron chi connectivity index (χ3n) is 11.4. The third kappa shape index (κ3) is 77.1. The molecule has 65 nitrogen and oxygen atoms in total. The van der Waals surface area contributed by atoms with Crippen LogP contribution in [0.3, 0.4) is 0 Å². The number of amidine groups is 1. The van der Waals surface area contributed by atoms with Crippen LogP contribution >= 0.6 is 23.1 Å². The Morgan fingerprint density at radius 3 is 1.38 bits per heavy atom. The molecule has 71 heteroatoms. The number of halogens is 3. The number of aryl methyl sites for hydroxylation is 10. The second-order valence-corrected chi connectivity index (χ2v) is 26.1. The van der Waals surface area contributed by atoms with E-state index in [0.717, 1.165) is 62.9 Å². The van der Waals surface area contributed by atoms with Crippen molar-refractivity contribution in [1.82, 2.24) is 153 Å². The Morgan fingerprint density at radius 2 is 1.25 bits per heavy atom. The minimum Gasteiger partial charge on any atom is -0.504 e. The van der Waals surface area contributed by atoms with Gasteiger partial charge in [0.05, 0.1) is 32.7 Å². The van der Waals surface area contributed by atoms with Crippen molar-refractivity contribution < 1.29 is 107 Å². The van der Waals surface area contributed by atoms with Crippen molar-refractivity contribution >= 4 is 93.3 Å². The zero-order valence-corrected chi connectivity index (χ0v) is 78.3. The summed E-state index contributed by atoms with van der Waals surface area (Å²) < 4.78 is 87.4. The number of tetrazole rings is 2. The SMILES string of the molecule is CC(=O)NC#N.CC(=O)NCC(F)(F)F.CC(=O)NO.CC(=O)OCC1=C(C)CC(=O)O1.CC1=NOC(=O)C1.CC1=NS(=O)ON1.CCNC(C)=O.CONC(C)=O.Cc1c(O)c(=O)c1=O.Cc1cc(=O)[nH][nH]1.Cc1cc(=O)[nH]o1.Cc1n[nH]c(=O)[nH]1.Cc1n[nH]c(=O)o1.Cc1nn[nH]n1.Cc1noc(=O)[nH]1.Cc1nsc(=O)[nH]1.Cc1nsc(=O)[nH]1.Cn1nn[nH]c1=O.Cn1oc(=O)[nH]c1=O. The lowest BCUT2D eigenvalue weighted by molar-refractivity contribution is -0.144. The molecule has 14 rings (SSSR count). The Hall–Kier alpha value is -16.9. The highest BCUT2D eigenvalue weighted by Gasteiger charge is 2.27. The number of aromatic amines is 12. The number of rotatable bonds is 5. The number of alkyl halides is 3. The average molecular weight is 2010 g/mol. The van der Waals surface area contributed by atoms with Crippen LogP contribution in [0.2, 0.25) is 0 Å². The summed E-state index contributed by atoms with van der Waals surface area (Å²) in [6, 6.07) is 2.89. The van der Waals surface area contributed by atoms with E-state index >= 15 is 0 Å². The van der Waals surface area contributed by atoms with Gasteiger partial charge in [-0.1, -0.05) is 15.5 Å². The molecule has 1 atom stereocenters. The number of carbonyl (C=O) groups excluding carboxylic acids is 8. The van der Waals surface area contributed by atoms with E-state index in [-0.39, 0.29) is 85.8 Å². The van der Waals surface area contributed by atoms with E-state index in [1.807, 2.05) is 24.1 Å². The molecule has 13 heterocycles. The number of nitriles is 1. The lowest BCUT2D eigenvalue weighted by Crippen LogP contribution is -2.32. The maximum atomic E-state index is 11.2. The number of esters is 2. The highest BCUT2D eigenvalue weighted by atomic mass is 32.2. The second kappa shape index (κ2) is 72.8. The standard InChI is InChI=1S/C8H10O4.C5H4O3.C4H6F3NO.C4H6N2O.2C4H5NO2.C4H9NO.C3H5N3O.C3H4N2O3.2C3H4N2O2.2C3H4N2OS.C3H4N2O.C3H7NO2.C2H4N4O.C2H4N4.C2H4N2O2S.C2H5NO2/c1-5-3-8(10)12-7(5)4-11-6(2)9;1-2-3(6)5(8)4(2)7;1-3(9)8-2-4(5,6)7;1-3-2-4(7)6-5-3;1-3-2-4(6)5-7-3;1-3-2-4(6)7-5-3;1-3-5-4(2)6;1-2-4-3(7)6-5-2;1-5-2(6)4-3(7)8-5;1-2-4-5-3(6)7-2;3*1-2-4-3(6)7-5-2;1-3(6)5-2-4;1-3(5)4-6-2;1-6-2(7)3-4-5-6;1-2-3-5-6-4-2;1-2-3-6-7(5)4-2;1-2(4)3-5/h3-4H2,1-2H3;6H,1H3;2H2,1H3,(H,8,9);2H,1H3,(H2,5,6,7);2H,1H3,(H,5,6);2H2,1H3;3H2,1-2H3,(H,5,6);1H3,(H2,4,5,6,7);1H3,(H,4,6,7);1H3,(H,5,6);3*1H3,(H,4,5,6);1H3,(H,5,6);1-2H3,(H,4,5);1H3,(H,3,5,7);1H3,(H,3,4,5,6);1H3,(H,3,4);5H,1H3,(H,3,4). The minimum atomic E-state index is -4.30. The summed E-state index contributed by atoms with van der Waals surface area (Å²) in [5.41, 5.74) is 5.75. The van der Waals surface area contributed by atoms with Gasteiger partial charge in [0.2, 0.25) is 40.9 Å². The van der Waals surface area contributed by atoms with Crippen LogP contribution in [0.25, 0.3) is 0 Å². The lowest BCUT2D eigenvalue weighted by Gasteiger charge is -2.04. The molecule has 0 spiro atoms. The molecule has 10 aromatic heterocycles. The number of hydrogen-bond acceptors (Lipinski definition) is 47. The van der Waals surface area contributed by atoms with Crippen molar-refractivity contribution in [3.05, 3.63) is 199 Å². The van der Waals surface area contributed by atoms with Crippen LogP contribution in [-0.2, 0) is 87.2 Å². The van der Waals surface area contributed by atoms with E-state index < -0.39 is 69.6 Å². The second-order valence-electron chi connectivity index (χ2n) is 23.8. The first-order chi connectivity index (χ1) is 63.2. The number of aromatic nitrogens is 24. The van der Waals surface area contributed by atoms with E-state index in [4.69, 9.17) is 20.3 Å². The van der Waals surface area contributed by atoms with Gasteiger partial charge in [-0.2, -0.15) is 56.4 Å². The van der Waals surface area contributed by atoms with Crippen molar-refractivity contribution in [2.45, 2.75) is 151 Å². The normalized spacial score (nSPS) is 11.2. The van der Waals surface area contributed by atoms with Crippen molar-refractivity contribution in [2.24, 2.45) is 23.6 Å². The lowest BCUT2D eigenvalue weighted by atomic mass is 10.1. The van der Waals surface area contributed by atoms with Crippen LogP contribution < -0.4 is 98.5 Å². The van der Waals surface area contributed by atoms with Gasteiger partial charge in [-0.15, -0.1) is 19.7 Å². The Balaban J connectivity index is -0.000000445. The summed E-state index contributed by atoms with van der Waals surface area (Å²) in [5, 5.41) is 76.1. The number of carbonyl (C=O) groups is 8. The number of nitrogens with one attached hydrogen (secondary N) is 18. The number of oxime groups is 1. The molecule has 5 amide bonds. The van der Waals surface area contributed by atoms with E-state index in [1.54, 1.807) is 74.6 Å². The van der Waals surface area contributed by atoms with Crippen molar-refractivity contribution in [2.75, 3.05) is 26.8 Å². The van der Waals surface area contributed by atoms with Gasteiger partial charge in [0.1, 0.15) is 53.8 Å². The zero-order valence-electron chi connectivity index (χ0n) is 75.9. The van der Waals surface area contributed by atoms with Gasteiger partial charge in [-0.05, 0) is 99.1 Å². The quantitative estimate of drug-likeness (QED) is 0.0147. The summed E-state index contributed by atoms with van der Waals surface area (Å²) >= 11 is 0.410. The summed E-state index contributed by atoms with van der Waals surface area (Å²) in [5.74, 6) is 0.580. The minimum absolute atomic E-state index is 0.0394. The van der Waals surface area contributed by atoms with Crippen LogP contribution in [-0.4, -0.2) is 227 Å². The molecule has 3 aliphatic heterocycles. The first kappa shape index (κ1) is 128. The van der Waals surface area contributed by atoms with Gasteiger partial charge < -0.3 is 48.6 Å². The predicted octanol–water partition coefficient (Wildman–Crippen LogP) is -4.48. The monoisotopic (exact) mass is 2010 g/mol. The van der Waals surface area contributed by atoms with Gasteiger partial charge in [0.25, 0.3) is 16.5 Å². The zero-order chi connectivity index (χ0) is 106. The number of ether oxygens (including phenoxy) is 2. The van der Waals surface area contributed by atoms with Gasteiger partial charge in [-0.3, -0.25) is 107 Å². The smallest absolute Gasteiger partial charge is 0.440 e. The van der Waals surface area contributed by atoms with Gasteiger partial charge in [0.15, 0.2) is 17.8 Å². The molecule has 0 fully saturated rings. The van der Waals surface area contributed by atoms with Crippen LogP contribution in [0.5, 0.6) is 5.75 Å². The number of H-pyrrole nitrogens is 12. The van der Waals surface area contributed by atoms with E-state index in [0.29, 0.717) is 65.2 Å². The van der Waals surface area contributed by atoms with Gasteiger partial charge in [-0.25, -0.2) is 74.5 Å². The largest absolute Gasteiger partial charge is 0.504 e. The molecule has 1 unspecified atom stereocenters. The van der Waals surface area contributed by atoms with Crippen LogP contribution in [0.1, 0.15) is 134 Å². The predicted molar refractivity (Wildman–Crippen MR) is 460 cm³/mol.